The molecule has 29 heavy (non-hydrogen) atoms. The topological polar surface area (TPSA) is 62.1 Å². The van der Waals surface area contributed by atoms with E-state index in [1.165, 1.54) is 11.3 Å². The molecule has 2 aromatic carbocycles. The van der Waals surface area contributed by atoms with Crippen molar-refractivity contribution in [3.63, 3.8) is 0 Å². The molecule has 3 aromatic rings. The maximum absolute atomic E-state index is 12.7. The molecule has 0 aliphatic carbocycles. The second kappa shape index (κ2) is 10.0. The number of rotatable bonds is 8. The van der Waals surface area contributed by atoms with Crippen LogP contribution in [0.3, 0.4) is 0 Å². The van der Waals surface area contributed by atoms with Crippen LogP contribution in [0.4, 0.5) is 0 Å². The number of hydrogen-bond acceptors (Lipinski definition) is 5. The Balaban J connectivity index is 1.92. The third-order valence-electron chi connectivity index (χ3n) is 4.33. The Morgan fingerprint density at radius 3 is 2.66 bits per heavy atom. The third kappa shape index (κ3) is 5.26. The van der Waals surface area contributed by atoms with E-state index in [4.69, 9.17) is 14.2 Å². The maximum atomic E-state index is 12.7. The van der Waals surface area contributed by atoms with Crippen LogP contribution in [-0.2, 0) is 22.5 Å². The molecular weight excluding hydrogens is 456 g/mol. The lowest BCUT2D eigenvalue weighted by atomic mass is 10.1. The SMILES string of the molecule is CCOCCn1c(=NC(=O)Cc2ccc(OC)c(OC)c2)sc2cc(Br)ccc21. The first-order valence-electron chi connectivity index (χ1n) is 9.20. The molecule has 0 saturated heterocycles. The van der Waals surface area contributed by atoms with Crippen molar-refractivity contribution in [1.29, 1.82) is 0 Å². The summed E-state index contributed by atoms with van der Waals surface area (Å²) in [6.45, 7) is 3.82. The highest BCUT2D eigenvalue weighted by Crippen LogP contribution is 2.28. The van der Waals surface area contributed by atoms with E-state index in [1.807, 2.05) is 35.8 Å². The van der Waals surface area contributed by atoms with Gasteiger partial charge in [-0.2, -0.15) is 4.99 Å². The molecule has 3 rings (SSSR count). The lowest BCUT2D eigenvalue weighted by Gasteiger charge is -2.08. The van der Waals surface area contributed by atoms with Gasteiger partial charge in [0.05, 0.1) is 37.5 Å². The van der Waals surface area contributed by atoms with Crippen LogP contribution in [0.15, 0.2) is 45.9 Å². The minimum atomic E-state index is -0.215. The van der Waals surface area contributed by atoms with Crippen LogP contribution in [0.2, 0.25) is 0 Å². The predicted octanol–water partition coefficient (Wildman–Crippen LogP) is 4.19. The van der Waals surface area contributed by atoms with Gasteiger partial charge in [0.15, 0.2) is 16.3 Å². The number of thiazole rings is 1. The number of aromatic nitrogens is 1. The van der Waals surface area contributed by atoms with Gasteiger partial charge >= 0.3 is 0 Å². The van der Waals surface area contributed by atoms with Crippen molar-refractivity contribution >= 4 is 43.4 Å². The molecule has 0 fully saturated rings. The van der Waals surface area contributed by atoms with E-state index in [1.54, 1.807) is 26.4 Å². The molecule has 0 bridgehead atoms. The van der Waals surface area contributed by atoms with Gasteiger partial charge in [-0.1, -0.05) is 33.3 Å². The first-order chi connectivity index (χ1) is 14.0. The number of halogens is 1. The fraction of sp³-hybridized carbons (Fsp3) is 0.333. The summed E-state index contributed by atoms with van der Waals surface area (Å²) in [7, 11) is 3.16. The molecule has 154 valence electrons. The average Bonchev–Trinajstić information content (AvgIpc) is 3.03. The van der Waals surface area contributed by atoms with Gasteiger partial charge in [0.2, 0.25) is 0 Å². The molecule has 1 aromatic heterocycles. The van der Waals surface area contributed by atoms with Gasteiger partial charge < -0.3 is 18.8 Å². The fourth-order valence-corrected chi connectivity index (χ4v) is 4.59. The molecule has 0 spiro atoms. The van der Waals surface area contributed by atoms with Gasteiger partial charge in [0, 0.05) is 17.6 Å². The molecule has 6 nitrogen and oxygen atoms in total. The summed E-state index contributed by atoms with van der Waals surface area (Å²) in [5.41, 5.74) is 1.86. The van der Waals surface area contributed by atoms with Crippen LogP contribution in [0.25, 0.3) is 10.2 Å². The minimum Gasteiger partial charge on any atom is -0.493 e. The molecule has 0 saturated carbocycles. The minimum absolute atomic E-state index is 0.184. The second-order valence-electron chi connectivity index (χ2n) is 6.22. The molecule has 1 heterocycles. The van der Waals surface area contributed by atoms with E-state index >= 15 is 0 Å². The number of methoxy groups -OCH3 is 2. The van der Waals surface area contributed by atoms with Crippen molar-refractivity contribution in [2.75, 3.05) is 27.4 Å². The molecule has 8 heteroatoms. The van der Waals surface area contributed by atoms with E-state index in [0.717, 1.165) is 20.3 Å². The van der Waals surface area contributed by atoms with Gasteiger partial charge in [0.25, 0.3) is 5.91 Å². The number of ether oxygens (including phenoxy) is 3. The van der Waals surface area contributed by atoms with Crippen LogP contribution in [0.5, 0.6) is 11.5 Å². The van der Waals surface area contributed by atoms with Crippen molar-refractivity contribution in [2.45, 2.75) is 19.9 Å². The number of fused-ring (bicyclic) bond motifs is 1. The van der Waals surface area contributed by atoms with Gasteiger partial charge in [0.1, 0.15) is 0 Å². The highest BCUT2D eigenvalue weighted by molar-refractivity contribution is 9.10. The highest BCUT2D eigenvalue weighted by atomic mass is 79.9. The zero-order chi connectivity index (χ0) is 20.8. The van der Waals surface area contributed by atoms with E-state index in [2.05, 4.69) is 20.9 Å². The molecule has 1 amide bonds. The molecular formula is C21H23BrN2O4S. The number of hydrogen-bond donors (Lipinski definition) is 0. The number of amides is 1. The fourth-order valence-electron chi connectivity index (χ4n) is 2.96. The average molecular weight is 479 g/mol. The Morgan fingerprint density at radius 2 is 1.93 bits per heavy atom. The third-order valence-corrected chi connectivity index (χ3v) is 5.87. The number of nitrogens with zero attached hydrogens (tertiary/aromatic N) is 2. The van der Waals surface area contributed by atoms with Crippen LogP contribution < -0.4 is 14.3 Å². The Kier molecular flexibility index (Phi) is 7.46. The zero-order valence-corrected chi connectivity index (χ0v) is 19.0. The summed E-state index contributed by atoms with van der Waals surface area (Å²) in [6.07, 6.45) is 0.184. The van der Waals surface area contributed by atoms with Crippen molar-refractivity contribution in [1.82, 2.24) is 4.57 Å². The summed E-state index contributed by atoms with van der Waals surface area (Å²) in [4.78, 5) is 17.7. The highest BCUT2D eigenvalue weighted by Gasteiger charge is 2.11. The largest absolute Gasteiger partial charge is 0.493 e. The standard InChI is InChI=1S/C21H23BrN2O4S/c1-4-28-10-9-24-16-7-6-15(22)13-19(16)29-21(24)23-20(25)12-14-5-8-17(26-2)18(11-14)27-3/h5-8,11,13H,4,9-10,12H2,1-3H3. The van der Waals surface area contributed by atoms with E-state index < -0.39 is 0 Å². The molecule has 0 N–H and O–H groups in total. The van der Waals surface area contributed by atoms with E-state index in [0.29, 0.717) is 36.1 Å². The number of carbonyl (C=O) groups is 1. The summed E-state index contributed by atoms with van der Waals surface area (Å²) in [5, 5.41) is 0. The number of benzene rings is 2. The summed E-state index contributed by atoms with van der Waals surface area (Å²) < 4.78 is 20.2. The van der Waals surface area contributed by atoms with Crippen LogP contribution in [0.1, 0.15) is 12.5 Å². The van der Waals surface area contributed by atoms with Crippen molar-refractivity contribution < 1.29 is 19.0 Å². The lowest BCUT2D eigenvalue weighted by Crippen LogP contribution is -2.20. The van der Waals surface area contributed by atoms with Crippen molar-refractivity contribution in [3.05, 3.63) is 51.2 Å². The monoisotopic (exact) mass is 478 g/mol. The summed E-state index contributed by atoms with van der Waals surface area (Å²) in [6, 6.07) is 11.5. The van der Waals surface area contributed by atoms with E-state index in [9.17, 15) is 4.79 Å². The molecule has 0 aliphatic rings. The number of carbonyl (C=O) groups excluding carboxylic acids is 1. The first-order valence-corrected chi connectivity index (χ1v) is 10.8. The van der Waals surface area contributed by atoms with Gasteiger partial charge in [-0.3, -0.25) is 4.79 Å². The first kappa shape index (κ1) is 21.5. The Hall–Kier alpha value is -2.16. The predicted molar refractivity (Wildman–Crippen MR) is 118 cm³/mol. The second-order valence-corrected chi connectivity index (χ2v) is 8.14. The van der Waals surface area contributed by atoms with Crippen LogP contribution >= 0.6 is 27.3 Å². The lowest BCUT2D eigenvalue weighted by molar-refractivity contribution is -0.117. The van der Waals surface area contributed by atoms with Crippen LogP contribution in [-0.4, -0.2) is 37.9 Å². The Morgan fingerprint density at radius 1 is 1.14 bits per heavy atom. The Bertz CT molecular complexity index is 1070. The molecule has 0 unspecified atom stereocenters. The van der Waals surface area contributed by atoms with Gasteiger partial charge in [-0.05, 0) is 42.8 Å². The molecule has 0 atom stereocenters. The summed E-state index contributed by atoms with van der Waals surface area (Å²) in [5.74, 6) is 1.01. The van der Waals surface area contributed by atoms with Crippen LogP contribution in [0, 0.1) is 0 Å². The molecule has 0 aliphatic heterocycles. The quantitative estimate of drug-likeness (QED) is 0.455. The Labute approximate surface area is 181 Å². The van der Waals surface area contributed by atoms with Gasteiger partial charge in [-0.25, -0.2) is 0 Å². The smallest absolute Gasteiger partial charge is 0.252 e. The van der Waals surface area contributed by atoms with Crippen molar-refractivity contribution in [2.24, 2.45) is 4.99 Å². The normalized spacial score (nSPS) is 11.8. The van der Waals surface area contributed by atoms with Gasteiger partial charge in [-0.15, -0.1) is 0 Å². The zero-order valence-electron chi connectivity index (χ0n) is 16.6. The summed E-state index contributed by atoms with van der Waals surface area (Å²) >= 11 is 5.00. The molecule has 0 radical (unpaired) electrons. The maximum Gasteiger partial charge on any atom is 0.252 e. The van der Waals surface area contributed by atoms with E-state index in [-0.39, 0.29) is 12.3 Å². The van der Waals surface area contributed by atoms with Crippen molar-refractivity contribution in [3.8, 4) is 11.5 Å².